The summed E-state index contributed by atoms with van der Waals surface area (Å²) >= 11 is 0. The third kappa shape index (κ3) is 3.87. The number of aromatic nitrogens is 1. The lowest BCUT2D eigenvalue weighted by Crippen LogP contribution is -2.13. The Morgan fingerprint density at radius 1 is 0.577 bits per heavy atom. The van der Waals surface area contributed by atoms with E-state index in [9.17, 15) is 26.3 Å². The molecular weight excluding hydrogens is 356 g/mol. The van der Waals surface area contributed by atoms with Crippen molar-refractivity contribution in [3.8, 4) is 22.4 Å². The minimum atomic E-state index is -4.97. The van der Waals surface area contributed by atoms with Crippen LogP contribution in [0.5, 0.6) is 0 Å². The number of alkyl halides is 6. The van der Waals surface area contributed by atoms with Crippen molar-refractivity contribution >= 4 is 0 Å². The summed E-state index contributed by atoms with van der Waals surface area (Å²) in [6.07, 6.45) is -9.87. The molecular formula is C19H11F6N. The first-order chi connectivity index (χ1) is 12.1. The largest absolute Gasteiger partial charge is 0.433 e. The Hall–Kier alpha value is -2.83. The molecule has 3 rings (SSSR count). The molecule has 0 aliphatic carbocycles. The first kappa shape index (κ1) is 18.0. The second kappa shape index (κ2) is 6.48. The van der Waals surface area contributed by atoms with Gasteiger partial charge in [0.1, 0.15) is 5.69 Å². The Morgan fingerprint density at radius 3 is 1.65 bits per heavy atom. The zero-order valence-electron chi connectivity index (χ0n) is 13.1. The van der Waals surface area contributed by atoms with E-state index in [2.05, 4.69) is 4.98 Å². The third-order valence-electron chi connectivity index (χ3n) is 3.73. The van der Waals surface area contributed by atoms with Gasteiger partial charge in [0.25, 0.3) is 0 Å². The van der Waals surface area contributed by atoms with Crippen molar-refractivity contribution in [3.05, 3.63) is 78.0 Å². The van der Waals surface area contributed by atoms with Gasteiger partial charge in [-0.1, -0.05) is 54.6 Å². The first-order valence-electron chi connectivity index (χ1n) is 7.47. The lowest BCUT2D eigenvalue weighted by molar-refractivity contribution is -0.145. The quantitative estimate of drug-likeness (QED) is 0.474. The van der Waals surface area contributed by atoms with E-state index < -0.39 is 23.6 Å². The van der Waals surface area contributed by atoms with Crippen LogP contribution in [0.3, 0.4) is 0 Å². The fraction of sp³-hybridized carbons (Fsp3) is 0.105. The smallest absolute Gasteiger partial charge is 0.243 e. The van der Waals surface area contributed by atoms with Crippen LogP contribution < -0.4 is 0 Å². The van der Waals surface area contributed by atoms with Crippen molar-refractivity contribution < 1.29 is 26.3 Å². The van der Waals surface area contributed by atoms with Crippen molar-refractivity contribution in [2.24, 2.45) is 0 Å². The van der Waals surface area contributed by atoms with Crippen molar-refractivity contribution in [1.82, 2.24) is 4.98 Å². The summed E-state index contributed by atoms with van der Waals surface area (Å²) in [5.41, 5.74) is -1.51. The van der Waals surface area contributed by atoms with Gasteiger partial charge < -0.3 is 0 Å². The maximum absolute atomic E-state index is 12.9. The van der Waals surface area contributed by atoms with E-state index in [1.54, 1.807) is 12.1 Å². The number of nitrogens with zero attached hydrogens (tertiary/aromatic N) is 1. The molecule has 1 nitrogen and oxygen atoms in total. The van der Waals surface area contributed by atoms with Gasteiger partial charge in [-0.15, -0.1) is 0 Å². The van der Waals surface area contributed by atoms with E-state index >= 15 is 0 Å². The topological polar surface area (TPSA) is 12.9 Å². The van der Waals surface area contributed by atoms with Crippen LogP contribution in [0.4, 0.5) is 26.3 Å². The zero-order chi connectivity index (χ0) is 18.9. The molecule has 7 heteroatoms. The second-order valence-corrected chi connectivity index (χ2v) is 5.57. The minimum Gasteiger partial charge on any atom is -0.243 e. The molecule has 1 aromatic heterocycles. The van der Waals surface area contributed by atoms with E-state index in [1.165, 1.54) is 12.1 Å². The maximum atomic E-state index is 12.9. The number of hydrogen-bond donors (Lipinski definition) is 0. The summed E-state index contributed by atoms with van der Waals surface area (Å²) in [5, 5.41) is 0. The number of pyridine rings is 1. The Balaban J connectivity index is 2.06. The van der Waals surface area contributed by atoms with Gasteiger partial charge in [0.05, 0.1) is 11.3 Å². The number of halogens is 6. The van der Waals surface area contributed by atoms with Crippen molar-refractivity contribution in [2.75, 3.05) is 0 Å². The molecule has 134 valence electrons. The van der Waals surface area contributed by atoms with Gasteiger partial charge in [-0.2, -0.15) is 26.3 Å². The van der Waals surface area contributed by atoms with Crippen molar-refractivity contribution in [3.63, 3.8) is 0 Å². The molecule has 0 spiro atoms. The number of rotatable bonds is 2. The summed E-state index contributed by atoms with van der Waals surface area (Å²) in [5.74, 6) is 0. The second-order valence-electron chi connectivity index (χ2n) is 5.57. The molecule has 0 N–H and O–H groups in total. The lowest BCUT2D eigenvalue weighted by atomic mass is 10.0. The minimum absolute atomic E-state index is 0.0157. The molecule has 0 unspecified atom stereocenters. The van der Waals surface area contributed by atoms with Gasteiger partial charge in [0.2, 0.25) is 0 Å². The molecule has 0 aliphatic heterocycles. The zero-order valence-corrected chi connectivity index (χ0v) is 13.1. The predicted octanol–water partition coefficient (Wildman–Crippen LogP) is 6.45. The van der Waals surface area contributed by atoms with Crippen molar-refractivity contribution in [1.29, 1.82) is 0 Å². The van der Waals surface area contributed by atoms with Gasteiger partial charge >= 0.3 is 12.4 Å². The monoisotopic (exact) mass is 367 g/mol. The van der Waals surface area contributed by atoms with Crippen LogP contribution in [0.25, 0.3) is 22.4 Å². The highest BCUT2D eigenvalue weighted by Crippen LogP contribution is 2.37. The highest BCUT2D eigenvalue weighted by molar-refractivity contribution is 5.69. The molecule has 1 heterocycles. The average Bonchev–Trinajstić information content (AvgIpc) is 2.61. The summed E-state index contributed by atoms with van der Waals surface area (Å²) in [6, 6.07) is 16.0. The number of hydrogen-bond acceptors (Lipinski definition) is 1. The standard InChI is InChI=1S/C19H11F6N/c20-18(21,22)15-10-16(26-17(11-15)19(23,24)25)14-8-6-13(7-9-14)12-4-2-1-3-5-12/h1-11H. The summed E-state index contributed by atoms with van der Waals surface area (Å²) < 4.78 is 77.5. The van der Waals surface area contributed by atoms with Crippen LogP contribution in [0.2, 0.25) is 0 Å². The molecule has 0 aliphatic rings. The molecule has 3 aromatic rings. The maximum Gasteiger partial charge on any atom is 0.433 e. The predicted molar refractivity (Wildman–Crippen MR) is 85.1 cm³/mol. The van der Waals surface area contributed by atoms with Gasteiger partial charge in [0.15, 0.2) is 0 Å². The van der Waals surface area contributed by atoms with E-state index in [1.807, 2.05) is 30.3 Å². The molecule has 0 atom stereocenters. The van der Waals surface area contributed by atoms with Crippen LogP contribution in [0, 0.1) is 0 Å². The average molecular weight is 367 g/mol. The molecule has 0 radical (unpaired) electrons. The fourth-order valence-electron chi connectivity index (χ4n) is 2.45. The molecule has 0 saturated heterocycles. The lowest BCUT2D eigenvalue weighted by Gasteiger charge is -2.13. The van der Waals surface area contributed by atoms with Gasteiger partial charge in [0, 0.05) is 5.56 Å². The van der Waals surface area contributed by atoms with E-state index in [0.717, 1.165) is 11.1 Å². The van der Waals surface area contributed by atoms with Crippen LogP contribution in [0.1, 0.15) is 11.3 Å². The van der Waals surface area contributed by atoms with Gasteiger partial charge in [-0.25, -0.2) is 4.98 Å². The molecule has 0 fully saturated rings. The third-order valence-corrected chi connectivity index (χ3v) is 3.73. The summed E-state index contributed by atoms with van der Waals surface area (Å²) in [6.45, 7) is 0. The Kier molecular flexibility index (Phi) is 4.48. The van der Waals surface area contributed by atoms with Crippen LogP contribution in [-0.2, 0) is 12.4 Å². The summed E-state index contributed by atoms with van der Waals surface area (Å²) in [4.78, 5) is 3.37. The molecule has 2 aromatic carbocycles. The first-order valence-corrected chi connectivity index (χ1v) is 7.47. The SMILES string of the molecule is FC(F)(F)c1cc(-c2ccc(-c3ccccc3)cc2)nc(C(F)(F)F)c1. The summed E-state index contributed by atoms with van der Waals surface area (Å²) in [7, 11) is 0. The van der Waals surface area contributed by atoms with Gasteiger partial charge in [-0.05, 0) is 23.3 Å². The highest BCUT2D eigenvalue weighted by atomic mass is 19.4. The van der Waals surface area contributed by atoms with E-state index in [0.29, 0.717) is 6.07 Å². The Labute approximate surface area is 144 Å². The van der Waals surface area contributed by atoms with Crippen LogP contribution in [-0.4, -0.2) is 4.98 Å². The van der Waals surface area contributed by atoms with Gasteiger partial charge in [-0.3, -0.25) is 0 Å². The Bertz CT molecular complexity index is 864. The van der Waals surface area contributed by atoms with Crippen molar-refractivity contribution in [2.45, 2.75) is 12.4 Å². The van der Waals surface area contributed by atoms with E-state index in [4.69, 9.17) is 0 Å². The normalized spacial score (nSPS) is 12.2. The van der Waals surface area contributed by atoms with Crippen LogP contribution in [0.15, 0.2) is 66.7 Å². The fourth-order valence-corrected chi connectivity index (χ4v) is 2.45. The highest BCUT2D eigenvalue weighted by Gasteiger charge is 2.38. The van der Waals surface area contributed by atoms with Crippen LogP contribution >= 0.6 is 0 Å². The molecule has 26 heavy (non-hydrogen) atoms. The molecule has 0 bridgehead atoms. The Morgan fingerprint density at radius 2 is 1.12 bits per heavy atom. The molecule has 0 saturated carbocycles. The molecule has 0 amide bonds. The van der Waals surface area contributed by atoms with E-state index in [-0.39, 0.29) is 17.3 Å². The number of benzene rings is 2.